The van der Waals surface area contributed by atoms with Crippen LogP contribution in [-0.4, -0.2) is 47.9 Å². The van der Waals surface area contributed by atoms with Crippen molar-refractivity contribution < 1.29 is 19.7 Å². The first-order valence-corrected chi connectivity index (χ1v) is 13.3. The van der Waals surface area contributed by atoms with E-state index < -0.39 is 5.54 Å². The summed E-state index contributed by atoms with van der Waals surface area (Å²) in [5.74, 6) is 1.61. The van der Waals surface area contributed by atoms with E-state index in [2.05, 4.69) is 23.8 Å². The van der Waals surface area contributed by atoms with Crippen LogP contribution in [0.25, 0.3) is 0 Å². The fraction of sp³-hybridized carbons (Fsp3) is 0.533. The molecule has 0 bridgehead atoms. The molecule has 0 atom stereocenters. The largest absolute Gasteiger partial charge is 0.507 e. The van der Waals surface area contributed by atoms with Gasteiger partial charge in [-0.25, -0.2) is 0 Å². The molecule has 0 aliphatic rings. The van der Waals surface area contributed by atoms with Gasteiger partial charge >= 0.3 is 0 Å². The van der Waals surface area contributed by atoms with Gasteiger partial charge in [-0.3, -0.25) is 9.98 Å². The maximum Gasteiger partial charge on any atom is 0.128 e. The highest BCUT2D eigenvalue weighted by Crippen LogP contribution is 2.24. The zero-order valence-corrected chi connectivity index (χ0v) is 22.5. The number of ether oxygens (including phenoxy) is 2. The van der Waals surface area contributed by atoms with Crippen molar-refractivity contribution in [3.8, 4) is 23.0 Å². The lowest BCUT2D eigenvalue weighted by molar-refractivity contribution is 0.303. The quantitative estimate of drug-likeness (QED) is 0.177. The Hall–Kier alpha value is -3.02. The molecule has 0 heterocycles. The molecule has 0 aliphatic carbocycles. The number of rotatable bonds is 17. The number of aliphatic imine (C=N–C) groups is 2. The fourth-order valence-electron chi connectivity index (χ4n) is 3.54. The van der Waals surface area contributed by atoms with E-state index in [1.165, 1.54) is 25.7 Å². The van der Waals surface area contributed by atoms with Crippen molar-refractivity contribution >= 4 is 12.4 Å². The van der Waals surface area contributed by atoms with Crippen molar-refractivity contribution in [1.29, 1.82) is 0 Å². The summed E-state index contributed by atoms with van der Waals surface area (Å²) < 4.78 is 11.4. The first-order chi connectivity index (χ1) is 17.3. The summed E-state index contributed by atoms with van der Waals surface area (Å²) in [7, 11) is 0. The van der Waals surface area contributed by atoms with Gasteiger partial charge in [-0.2, -0.15) is 0 Å². The lowest BCUT2D eigenvalue weighted by atomic mass is 10.1. The van der Waals surface area contributed by atoms with E-state index in [4.69, 9.17) is 9.47 Å². The molecule has 2 aromatic carbocycles. The predicted octanol–water partition coefficient (Wildman–Crippen LogP) is 7.33. The number of aromatic hydroxyl groups is 2. The Kier molecular flexibility index (Phi) is 12.9. The van der Waals surface area contributed by atoms with Crippen molar-refractivity contribution in [3.63, 3.8) is 0 Å². The third-order valence-electron chi connectivity index (χ3n) is 5.80. The Morgan fingerprint density at radius 3 is 1.69 bits per heavy atom. The van der Waals surface area contributed by atoms with Crippen LogP contribution in [0.2, 0.25) is 0 Å². The van der Waals surface area contributed by atoms with E-state index in [1.54, 1.807) is 24.6 Å². The lowest BCUT2D eigenvalue weighted by Crippen LogP contribution is -2.21. The molecule has 0 amide bonds. The van der Waals surface area contributed by atoms with Crippen LogP contribution >= 0.6 is 0 Å². The minimum atomic E-state index is -0.478. The standard InChI is InChI=1S/C30H44N2O4/c1-5-7-9-11-17-35-26-15-13-24(28(33)19-26)21-31-23-30(3,4)32-22-25-14-16-27(20-29(25)34)36-18-12-10-8-6-2/h13-16,19-22,33-34H,5-12,17-18,23H2,1-4H3. The Balaban J connectivity index is 1.85. The molecule has 2 aromatic rings. The molecule has 6 heteroatoms. The molecule has 0 fully saturated rings. The van der Waals surface area contributed by atoms with E-state index in [0.717, 1.165) is 25.7 Å². The summed E-state index contributed by atoms with van der Waals surface area (Å²) >= 11 is 0. The molecule has 198 valence electrons. The number of phenols is 2. The van der Waals surface area contributed by atoms with Crippen LogP contribution < -0.4 is 9.47 Å². The molecule has 0 spiro atoms. The molecule has 0 aromatic heterocycles. The topological polar surface area (TPSA) is 83.6 Å². The van der Waals surface area contributed by atoms with Crippen LogP contribution in [0.3, 0.4) is 0 Å². The van der Waals surface area contributed by atoms with Crippen LogP contribution in [0.1, 0.15) is 90.2 Å². The molecule has 0 radical (unpaired) electrons. The molecule has 6 nitrogen and oxygen atoms in total. The van der Waals surface area contributed by atoms with Gasteiger partial charge in [-0.05, 0) is 51.0 Å². The zero-order chi connectivity index (χ0) is 26.2. The summed E-state index contributed by atoms with van der Waals surface area (Å²) in [6.07, 6.45) is 12.5. The number of hydrogen-bond donors (Lipinski definition) is 2. The second kappa shape index (κ2) is 15.9. The molecule has 2 N–H and O–H groups in total. The van der Waals surface area contributed by atoms with Gasteiger partial charge in [0.2, 0.25) is 0 Å². The van der Waals surface area contributed by atoms with Gasteiger partial charge in [0, 0.05) is 35.7 Å². The summed E-state index contributed by atoms with van der Waals surface area (Å²) in [6, 6.07) is 10.6. The van der Waals surface area contributed by atoms with E-state index in [1.807, 2.05) is 38.1 Å². The van der Waals surface area contributed by atoms with Crippen molar-refractivity contribution in [2.75, 3.05) is 19.8 Å². The molecule has 36 heavy (non-hydrogen) atoms. The summed E-state index contributed by atoms with van der Waals surface area (Å²) in [4.78, 5) is 9.09. The molecular weight excluding hydrogens is 452 g/mol. The van der Waals surface area contributed by atoms with Crippen molar-refractivity contribution in [1.82, 2.24) is 0 Å². The second-order valence-corrected chi connectivity index (χ2v) is 9.80. The summed E-state index contributed by atoms with van der Waals surface area (Å²) in [6.45, 7) is 10.1. The van der Waals surface area contributed by atoms with Gasteiger partial charge in [0.15, 0.2) is 0 Å². The minimum Gasteiger partial charge on any atom is -0.507 e. The average molecular weight is 497 g/mol. The van der Waals surface area contributed by atoms with E-state index in [-0.39, 0.29) is 11.5 Å². The summed E-state index contributed by atoms with van der Waals surface area (Å²) in [5.41, 5.74) is 0.790. The van der Waals surface area contributed by atoms with Gasteiger partial charge in [0.1, 0.15) is 23.0 Å². The highest BCUT2D eigenvalue weighted by Gasteiger charge is 2.15. The number of phenolic OH excluding ortho intramolecular Hbond substituents is 2. The highest BCUT2D eigenvalue weighted by atomic mass is 16.5. The van der Waals surface area contributed by atoms with Gasteiger partial charge in [-0.1, -0.05) is 52.4 Å². The maximum absolute atomic E-state index is 10.4. The van der Waals surface area contributed by atoms with Crippen LogP contribution in [-0.2, 0) is 0 Å². The third kappa shape index (κ3) is 11.1. The molecule has 2 rings (SSSR count). The maximum atomic E-state index is 10.4. The third-order valence-corrected chi connectivity index (χ3v) is 5.80. The number of benzene rings is 2. The molecule has 0 aliphatic heterocycles. The number of hydrogen-bond acceptors (Lipinski definition) is 6. The Labute approximate surface area is 217 Å². The SMILES string of the molecule is CCCCCCOc1ccc(C=NCC(C)(C)N=Cc2ccc(OCCCCCC)cc2O)c(O)c1. The lowest BCUT2D eigenvalue weighted by Gasteiger charge is -2.16. The molecule has 0 unspecified atom stereocenters. The number of nitrogens with zero attached hydrogens (tertiary/aromatic N) is 2. The average Bonchev–Trinajstić information content (AvgIpc) is 2.84. The van der Waals surface area contributed by atoms with Crippen molar-refractivity contribution in [3.05, 3.63) is 47.5 Å². The Bertz CT molecular complexity index is 969. The van der Waals surface area contributed by atoms with Crippen LogP contribution in [0.5, 0.6) is 23.0 Å². The van der Waals surface area contributed by atoms with Crippen LogP contribution in [0, 0.1) is 0 Å². The Morgan fingerprint density at radius 1 is 0.722 bits per heavy atom. The molecule has 0 saturated carbocycles. The van der Waals surface area contributed by atoms with Gasteiger partial charge in [0.25, 0.3) is 0 Å². The fourth-order valence-corrected chi connectivity index (χ4v) is 3.54. The first kappa shape index (κ1) is 29.2. The van der Waals surface area contributed by atoms with Gasteiger partial charge in [0.05, 0.1) is 25.3 Å². The second-order valence-electron chi connectivity index (χ2n) is 9.80. The molecular formula is C30H44N2O4. The van der Waals surface area contributed by atoms with Crippen LogP contribution in [0.4, 0.5) is 0 Å². The zero-order valence-electron chi connectivity index (χ0n) is 22.5. The van der Waals surface area contributed by atoms with E-state index in [0.29, 0.717) is 42.4 Å². The monoisotopic (exact) mass is 496 g/mol. The Morgan fingerprint density at radius 2 is 1.22 bits per heavy atom. The molecule has 0 saturated heterocycles. The normalized spacial score (nSPS) is 12.0. The van der Waals surface area contributed by atoms with Crippen molar-refractivity contribution in [2.45, 2.75) is 84.6 Å². The summed E-state index contributed by atoms with van der Waals surface area (Å²) in [5, 5.41) is 20.7. The highest BCUT2D eigenvalue weighted by molar-refractivity contribution is 5.84. The smallest absolute Gasteiger partial charge is 0.128 e. The van der Waals surface area contributed by atoms with E-state index in [9.17, 15) is 10.2 Å². The van der Waals surface area contributed by atoms with Gasteiger partial charge < -0.3 is 19.7 Å². The van der Waals surface area contributed by atoms with E-state index >= 15 is 0 Å². The first-order valence-electron chi connectivity index (χ1n) is 13.3. The minimum absolute atomic E-state index is 0.140. The predicted molar refractivity (Wildman–Crippen MR) is 150 cm³/mol. The number of unbranched alkanes of at least 4 members (excludes halogenated alkanes) is 6. The van der Waals surface area contributed by atoms with Crippen LogP contribution in [0.15, 0.2) is 46.4 Å². The van der Waals surface area contributed by atoms with Gasteiger partial charge in [-0.15, -0.1) is 0 Å². The van der Waals surface area contributed by atoms with Crippen molar-refractivity contribution in [2.24, 2.45) is 9.98 Å².